The van der Waals surface area contributed by atoms with Crippen molar-refractivity contribution in [3.8, 4) is 0 Å². The van der Waals surface area contributed by atoms with Crippen molar-refractivity contribution in [3.63, 3.8) is 0 Å². The van der Waals surface area contributed by atoms with Gasteiger partial charge in [-0.3, -0.25) is 9.69 Å². The van der Waals surface area contributed by atoms with Gasteiger partial charge >= 0.3 is 6.18 Å². The van der Waals surface area contributed by atoms with Gasteiger partial charge in [-0.05, 0) is 31.7 Å². The van der Waals surface area contributed by atoms with Gasteiger partial charge < -0.3 is 4.90 Å². The van der Waals surface area contributed by atoms with Crippen LogP contribution in [0.5, 0.6) is 0 Å². The van der Waals surface area contributed by atoms with Crippen LogP contribution in [0, 0.1) is 5.92 Å². The van der Waals surface area contributed by atoms with E-state index >= 15 is 0 Å². The minimum absolute atomic E-state index is 0.0274. The van der Waals surface area contributed by atoms with E-state index < -0.39 is 18.6 Å². The third kappa shape index (κ3) is 6.68. The molecule has 1 unspecified atom stereocenters. The first-order chi connectivity index (χ1) is 9.73. The summed E-state index contributed by atoms with van der Waals surface area (Å²) in [5.41, 5.74) is 0. The molecule has 1 aliphatic rings. The second-order valence-electron chi connectivity index (χ2n) is 6.31. The van der Waals surface area contributed by atoms with Gasteiger partial charge in [0.15, 0.2) is 0 Å². The quantitative estimate of drug-likeness (QED) is 0.751. The number of halogens is 3. The van der Waals surface area contributed by atoms with Gasteiger partial charge in [-0.15, -0.1) is 0 Å². The van der Waals surface area contributed by atoms with Crippen LogP contribution < -0.4 is 0 Å². The van der Waals surface area contributed by atoms with Gasteiger partial charge in [0.25, 0.3) is 0 Å². The first kappa shape index (κ1) is 18.3. The molecule has 0 aromatic carbocycles. The molecule has 0 bridgehead atoms. The number of likely N-dealkylation sites (tertiary alicyclic amines) is 1. The van der Waals surface area contributed by atoms with E-state index in [2.05, 4.69) is 11.8 Å². The summed E-state index contributed by atoms with van der Waals surface area (Å²) >= 11 is 0. The van der Waals surface area contributed by atoms with E-state index in [4.69, 9.17) is 0 Å². The third-order valence-corrected chi connectivity index (χ3v) is 3.87. The Hall–Kier alpha value is -0.780. The number of nitrogens with zero attached hydrogens (tertiary/aromatic N) is 2. The van der Waals surface area contributed by atoms with E-state index in [0.717, 1.165) is 37.1 Å². The number of rotatable bonds is 6. The smallest absolute Gasteiger partial charge is 0.332 e. The molecule has 0 N–H and O–H groups in total. The summed E-state index contributed by atoms with van der Waals surface area (Å²) in [5, 5.41) is 0. The first-order valence-corrected chi connectivity index (χ1v) is 7.81. The van der Waals surface area contributed by atoms with E-state index in [-0.39, 0.29) is 19.0 Å². The Morgan fingerprint density at radius 3 is 2.52 bits per heavy atom. The predicted octanol–water partition coefficient (Wildman–Crippen LogP) is 3.30. The Labute approximate surface area is 125 Å². The summed E-state index contributed by atoms with van der Waals surface area (Å²) in [6.45, 7) is 5.65. The molecule has 3 nitrogen and oxygen atoms in total. The van der Waals surface area contributed by atoms with E-state index in [1.54, 1.807) is 0 Å². The molecule has 0 aromatic rings. The van der Waals surface area contributed by atoms with Crippen LogP contribution in [0.3, 0.4) is 0 Å². The van der Waals surface area contributed by atoms with Gasteiger partial charge in [0.1, 0.15) is 6.54 Å². The zero-order chi connectivity index (χ0) is 16.0. The molecule has 1 atom stereocenters. The second kappa shape index (κ2) is 8.01. The molecule has 0 aromatic heterocycles. The van der Waals surface area contributed by atoms with Crippen molar-refractivity contribution in [3.05, 3.63) is 0 Å². The lowest BCUT2D eigenvalue weighted by Crippen LogP contribution is -2.49. The Balaban J connectivity index is 2.66. The minimum Gasteiger partial charge on any atom is -0.332 e. The van der Waals surface area contributed by atoms with Crippen LogP contribution >= 0.6 is 0 Å². The number of carbonyl (C=O) groups excluding carboxylic acids is 1. The van der Waals surface area contributed by atoms with Gasteiger partial charge in [-0.1, -0.05) is 27.2 Å². The fraction of sp³-hybridized carbons (Fsp3) is 0.933. The fourth-order valence-corrected chi connectivity index (χ4v) is 2.92. The summed E-state index contributed by atoms with van der Waals surface area (Å²) in [4.78, 5) is 15.3. The highest BCUT2D eigenvalue weighted by Crippen LogP contribution is 2.21. The van der Waals surface area contributed by atoms with Crippen molar-refractivity contribution in [2.75, 3.05) is 26.2 Å². The molecule has 1 aliphatic heterocycles. The van der Waals surface area contributed by atoms with Crippen LogP contribution in [0.4, 0.5) is 13.2 Å². The summed E-state index contributed by atoms with van der Waals surface area (Å²) in [6, 6.07) is 0.328. The van der Waals surface area contributed by atoms with Crippen LogP contribution in [0.1, 0.15) is 46.5 Å². The van der Waals surface area contributed by atoms with Crippen molar-refractivity contribution >= 4 is 5.91 Å². The number of hydrogen-bond acceptors (Lipinski definition) is 2. The van der Waals surface area contributed by atoms with Crippen LogP contribution in [0.15, 0.2) is 0 Å². The number of piperidine rings is 1. The van der Waals surface area contributed by atoms with Crippen molar-refractivity contribution in [1.82, 2.24) is 9.80 Å². The normalized spacial score (nSPS) is 20.8. The minimum atomic E-state index is -4.34. The van der Waals surface area contributed by atoms with Gasteiger partial charge in [0.05, 0.1) is 6.54 Å². The van der Waals surface area contributed by atoms with Crippen LogP contribution in [-0.4, -0.2) is 54.1 Å². The Bertz CT molecular complexity index is 331. The Morgan fingerprint density at radius 2 is 2.00 bits per heavy atom. The SMILES string of the molecule is CCC1CCCCN1CC(=O)N(CC(C)C)CC(F)(F)F. The van der Waals surface area contributed by atoms with Crippen LogP contribution in [0.25, 0.3) is 0 Å². The van der Waals surface area contributed by atoms with Crippen LogP contribution in [0.2, 0.25) is 0 Å². The van der Waals surface area contributed by atoms with Gasteiger partial charge in [-0.2, -0.15) is 13.2 Å². The van der Waals surface area contributed by atoms with Crippen molar-refractivity contribution in [2.45, 2.75) is 58.7 Å². The lowest BCUT2D eigenvalue weighted by Gasteiger charge is -2.36. The molecule has 0 aliphatic carbocycles. The topological polar surface area (TPSA) is 23.6 Å². The zero-order valence-corrected chi connectivity index (χ0v) is 13.2. The molecule has 1 saturated heterocycles. The van der Waals surface area contributed by atoms with Crippen molar-refractivity contribution in [2.24, 2.45) is 5.92 Å². The fourth-order valence-electron chi connectivity index (χ4n) is 2.92. The van der Waals surface area contributed by atoms with Crippen molar-refractivity contribution < 1.29 is 18.0 Å². The highest BCUT2D eigenvalue weighted by Gasteiger charge is 2.34. The molecule has 1 fully saturated rings. The largest absolute Gasteiger partial charge is 0.406 e. The number of carbonyl (C=O) groups is 1. The monoisotopic (exact) mass is 308 g/mol. The van der Waals surface area contributed by atoms with E-state index in [9.17, 15) is 18.0 Å². The molecule has 1 amide bonds. The molecule has 0 saturated carbocycles. The highest BCUT2D eigenvalue weighted by atomic mass is 19.4. The zero-order valence-electron chi connectivity index (χ0n) is 13.2. The maximum absolute atomic E-state index is 12.6. The van der Waals surface area contributed by atoms with Gasteiger partial charge in [-0.25, -0.2) is 0 Å². The molecule has 124 valence electrons. The average Bonchev–Trinajstić information content (AvgIpc) is 2.36. The molecule has 1 rings (SSSR count). The lowest BCUT2D eigenvalue weighted by molar-refractivity contribution is -0.163. The number of amides is 1. The first-order valence-electron chi connectivity index (χ1n) is 7.81. The third-order valence-electron chi connectivity index (χ3n) is 3.87. The molecular weight excluding hydrogens is 281 g/mol. The summed E-state index contributed by atoms with van der Waals surface area (Å²) < 4.78 is 37.9. The van der Waals surface area contributed by atoms with E-state index in [1.807, 2.05) is 13.8 Å². The lowest BCUT2D eigenvalue weighted by atomic mass is 10.00. The standard InChI is InChI=1S/C15H27F3N2O/c1-4-13-7-5-6-8-19(13)10-14(21)20(9-12(2)3)11-15(16,17)18/h12-13H,4-11H2,1-3H3. The predicted molar refractivity (Wildman–Crippen MR) is 77.0 cm³/mol. The van der Waals surface area contributed by atoms with Crippen LogP contribution in [-0.2, 0) is 4.79 Å². The average molecular weight is 308 g/mol. The Kier molecular flexibility index (Phi) is 6.97. The maximum Gasteiger partial charge on any atom is 0.406 e. The number of alkyl halides is 3. The maximum atomic E-state index is 12.6. The van der Waals surface area contributed by atoms with Crippen molar-refractivity contribution in [1.29, 1.82) is 0 Å². The van der Waals surface area contributed by atoms with E-state index in [1.165, 1.54) is 0 Å². The Morgan fingerprint density at radius 1 is 1.33 bits per heavy atom. The van der Waals surface area contributed by atoms with E-state index in [0.29, 0.717) is 6.04 Å². The molecular formula is C15H27F3N2O. The molecule has 21 heavy (non-hydrogen) atoms. The summed E-state index contributed by atoms with van der Waals surface area (Å²) in [6.07, 6.45) is -0.199. The van der Waals surface area contributed by atoms with Gasteiger partial charge in [0.2, 0.25) is 5.91 Å². The molecule has 1 heterocycles. The second-order valence-corrected chi connectivity index (χ2v) is 6.31. The summed E-state index contributed by atoms with van der Waals surface area (Å²) in [7, 11) is 0. The molecule has 6 heteroatoms. The molecule has 0 spiro atoms. The molecule has 0 radical (unpaired) electrons. The number of hydrogen-bond donors (Lipinski definition) is 0. The highest BCUT2D eigenvalue weighted by molar-refractivity contribution is 5.78. The summed E-state index contributed by atoms with van der Waals surface area (Å²) in [5.74, 6) is -0.374. The van der Waals surface area contributed by atoms with Gasteiger partial charge in [0, 0.05) is 12.6 Å².